The lowest BCUT2D eigenvalue weighted by molar-refractivity contribution is 0.269. The van der Waals surface area contributed by atoms with E-state index in [0.29, 0.717) is 0 Å². The van der Waals surface area contributed by atoms with Crippen LogP contribution >= 0.6 is 0 Å². The van der Waals surface area contributed by atoms with Crippen LogP contribution in [0.5, 0.6) is 0 Å². The van der Waals surface area contributed by atoms with E-state index in [0.717, 1.165) is 36.0 Å². The zero-order valence-electron chi connectivity index (χ0n) is 13.3. The zero-order chi connectivity index (χ0) is 14.8. The Morgan fingerprint density at radius 1 is 1.24 bits per heavy atom. The van der Waals surface area contributed by atoms with Crippen LogP contribution in [0.1, 0.15) is 51.8 Å². The van der Waals surface area contributed by atoms with Crippen LogP contribution in [-0.2, 0) is 13.0 Å². The first-order valence-electron chi connectivity index (χ1n) is 8.42. The third-order valence-corrected chi connectivity index (χ3v) is 5.06. The Labute approximate surface area is 127 Å². The van der Waals surface area contributed by atoms with E-state index in [1.165, 1.54) is 43.4 Å². The Kier molecular flexibility index (Phi) is 4.18. The quantitative estimate of drug-likeness (QED) is 0.846. The number of rotatable bonds is 4. The monoisotopic (exact) mass is 285 g/mol. The van der Waals surface area contributed by atoms with E-state index in [-0.39, 0.29) is 0 Å². The highest BCUT2D eigenvalue weighted by atomic mass is 15.1. The molecule has 1 aromatic carbocycles. The van der Waals surface area contributed by atoms with Crippen molar-refractivity contribution in [2.45, 2.75) is 58.9 Å². The van der Waals surface area contributed by atoms with E-state index < -0.39 is 0 Å². The van der Waals surface area contributed by atoms with Crippen molar-refractivity contribution in [1.29, 1.82) is 0 Å². The van der Waals surface area contributed by atoms with Crippen molar-refractivity contribution >= 4 is 16.7 Å². The van der Waals surface area contributed by atoms with Crippen LogP contribution in [0.15, 0.2) is 18.2 Å². The minimum absolute atomic E-state index is 0.802. The van der Waals surface area contributed by atoms with E-state index in [4.69, 9.17) is 10.7 Å². The molecule has 21 heavy (non-hydrogen) atoms. The van der Waals surface area contributed by atoms with Gasteiger partial charge in [0.25, 0.3) is 0 Å². The van der Waals surface area contributed by atoms with Crippen molar-refractivity contribution in [3.8, 4) is 0 Å². The molecule has 0 atom stereocenters. The molecule has 3 heteroatoms. The van der Waals surface area contributed by atoms with Crippen LogP contribution in [0.3, 0.4) is 0 Å². The molecule has 2 N–H and O–H groups in total. The number of nitrogens with two attached hydrogens (primary N) is 1. The van der Waals surface area contributed by atoms with E-state index in [9.17, 15) is 0 Å². The van der Waals surface area contributed by atoms with Crippen molar-refractivity contribution in [2.24, 2.45) is 11.8 Å². The maximum absolute atomic E-state index is 5.88. The predicted molar refractivity (Wildman–Crippen MR) is 89.3 cm³/mol. The molecule has 1 saturated carbocycles. The van der Waals surface area contributed by atoms with Crippen molar-refractivity contribution in [3.63, 3.8) is 0 Å². The number of aromatic nitrogens is 2. The summed E-state index contributed by atoms with van der Waals surface area (Å²) < 4.78 is 2.41. The normalized spacial score (nSPS) is 22.8. The molecule has 1 aliphatic carbocycles. The maximum atomic E-state index is 5.88. The number of hydrogen-bond donors (Lipinski definition) is 1. The summed E-state index contributed by atoms with van der Waals surface area (Å²) in [5.74, 6) is 3.03. The van der Waals surface area contributed by atoms with Gasteiger partial charge in [-0.1, -0.05) is 39.5 Å². The molecule has 0 unspecified atom stereocenters. The van der Waals surface area contributed by atoms with Gasteiger partial charge in [0.2, 0.25) is 0 Å². The fourth-order valence-corrected chi connectivity index (χ4v) is 3.65. The number of nitrogen functional groups attached to an aromatic ring is 1. The largest absolute Gasteiger partial charge is 0.399 e. The summed E-state index contributed by atoms with van der Waals surface area (Å²) in [6.07, 6.45) is 7.90. The van der Waals surface area contributed by atoms with Crippen LogP contribution in [0.2, 0.25) is 0 Å². The number of nitrogens with zero attached hydrogens (tertiary/aromatic N) is 2. The van der Waals surface area contributed by atoms with E-state index >= 15 is 0 Å². The molecule has 1 heterocycles. The molecule has 0 spiro atoms. The summed E-state index contributed by atoms with van der Waals surface area (Å²) in [4.78, 5) is 4.75. The molecule has 0 radical (unpaired) electrons. The molecular formula is C18H27N3. The molecule has 2 aromatic rings. The highest BCUT2D eigenvalue weighted by Gasteiger charge is 2.19. The van der Waals surface area contributed by atoms with Crippen LogP contribution in [0.4, 0.5) is 5.69 Å². The van der Waals surface area contributed by atoms with Crippen LogP contribution in [-0.4, -0.2) is 9.55 Å². The molecule has 1 aromatic heterocycles. The minimum Gasteiger partial charge on any atom is -0.399 e. The first-order chi connectivity index (χ1) is 10.2. The van der Waals surface area contributed by atoms with Crippen molar-refractivity contribution in [3.05, 3.63) is 24.0 Å². The number of imidazole rings is 1. The summed E-state index contributed by atoms with van der Waals surface area (Å²) in [5, 5.41) is 0. The van der Waals surface area contributed by atoms with Crippen molar-refractivity contribution in [1.82, 2.24) is 9.55 Å². The Morgan fingerprint density at radius 3 is 2.71 bits per heavy atom. The van der Waals surface area contributed by atoms with Gasteiger partial charge in [0.05, 0.1) is 11.0 Å². The molecule has 3 nitrogen and oxygen atoms in total. The number of hydrogen-bond acceptors (Lipinski definition) is 2. The van der Waals surface area contributed by atoms with Gasteiger partial charge in [0, 0.05) is 18.7 Å². The van der Waals surface area contributed by atoms with Crippen LogP contribution < -0.4 is 5.73 Å². The molecule has 0 bridgehead atoms. The first kappa shape index (κ1) is 14.4. The van der Waals surface area contributed by atoms with Crippen molar-refractivity contribution in [2.75, 3.05) is 5.73 Å². The van der Waals surface area contributed by atoms with Gasteiger partial charge >= 0.3 is 0 Å². The first-order valence-corrected chi connectivity index (χ1v) is 8.42. The van der Waals surface area contributed by atoms with E-state index in [2.05, 4.69) is 24.5 Å². The zero-order valence-corrected chi connectivity index (χ0v) is 13.3. The number of anilines is 1. The van der Waals surface area contributed by atoms with Gasteiger partial charge in [-0.3, -0.25) is 0 Å². The molecule has 0 amide bonds. The lowest BCUT2D eigenvalue weighted by Crippen LogP contribution is -2.15. The standard InChI is InChI=1S/C18H27N3/c1-3-18-20-16-12-15(19)8-9-17(16)21(18)11-10-14-6-4-13(2)5-7-14/h8-9,12-14H,3-7,10-11,19H2,1-2H3. The Hall–Kier alpha value is -1.51. The molecule has 0 aliphatic heterocycles. The topological polar surface area (TPSA) is 43.8 Å². The summed E-state index contributed by atoms with van der Waals surface area (Å²) in [5.41, 5.74) is 8.97. The van der Waals surface area contributed by atoms with Crippen LogP contribution in [0.25, 0.3) is 11.0 Å². The summed E-state index contributed by atoms with van der Waals surface area (Å²) >= 11 is 0. The maximum Gasteiger partial charge on any atom is 0.109 e. The molecule has 114 valence electrons. The second kappa shape index (κ2) is 6.08. The third-order valence-electron chi connectivity index (χ3n) is 5.06. The lowest BCUT2D eigenvalue weighted by Gasteiger charge is -2.26. The summed E-state index contributed by atoms with van der Waals surface area (Å²) in [7, 11) is 0. The Balaban J connectivity index is 1.76. The SMILES string of the molecule is CCc1nc2cc(N)ccc2n1CCC1CCC(C)CC1. The Morgan fingerprint density at radius 2 is 2.00 bits per heavy atom. The number of fused-ring (bicyclic) bond motifs is 1. The molecule has 1 aliphatic rings. The third kappa shape index (κ3) is 3.07. The highest BCUT2D eigenvalue weighted by molar-refractivity contribution is 5.79. The molecule has 0 saturated heterocycles. The molecule has 1 fully saturated rings. The van der Waals surface area contributed by atoms with E-state index in [1.54, 1.807) is 0 Å². The summed E-state index contributed by atoms with van der Waals surface area (Å²) in [6, 6.07) is 6.11. The summed E-state index contributed by atoms with van der Waals surface area (Å²) in [6.45, 7) is 5.67. The number of benzene rings is 1. The average molecular weight is 285 g/mol. The van der Waals surface area contributed by atoms with Gasteiger partial charge in [0.15, 0.2) is 0 Å². The Bertz CT molecular complexity index is 606. The van der Waals surface area contributed by atoms with Gasteiger partial charge in [0.1, 0.15) is 5.82 Å². The fourth-order valence-electron chi connectivity index (χ4n) is 3.65. The second-order valence-corrected chi connectivity index (χ2v) is 6.70. The van der Waals surface area contributed by atoms with Crippen molar-refractivity contribution < 1.29 is 0 Å². The van der Waals surface area contributed by atoms with Gasteiger partial charge in [-0.2, -0.15) is 0 Å². The fraction of sp³-hybridized carbons (Fsp3) is 0.611. The van der Waals surface area contributed by atoms with Gasteiger partial charge in [-0.25, -0.2) is 4.98 Å². The number of aryl methyl sites for hydroxylation is 2. The van der Waals surface area contributed by atoms with E-state index in [1.807, 2.05) is 12.1 Å². The van der Waals surface area contributed by atoms with Gasteiger partial charge in [-0.05, 0) is 36.5 Å². The average Bonchev–Trinajstić information content (AvgIpc) is 2.83. The molecule has 3 rings (SSSR count). The van der Waals surface area contributed by atoms with Crippen LogP contribution in [0, 0.1) is 11.8 Å². The molecular weight excluding hydrogens is 258 g/mol. The smallest absolute Gasteiger partial charge is 0.109 e. The minimum atomic E-state index is 0.802. The highest BCUT2D eigenvalue weighted by Crippen LogP contribution is 2.31. The lowest BCUT2D eigenvalue weighted by atomic mass is 9.81. The van der Waals surface area contributed by atoms with Gasteiger partial charge < -0.3 is 10.3 Å². The second-order valence-electron chi connectivity index (χ2n) is 6.70. The predicted octanol–water partition coefficient (Wildman–Crippen LogP) is 4.40. The van der Waals surface area contributed by atoms with Gasteiger partial charge in [-0.15, -0.1) is 0 Å².